The molecule has 0 N–H and O–H groups in total. The summed E-state index contributed by atoms with van der Waals surface area (Å²) < 4.78 is 10.3. The van der Waals surface area contributed by atoms with Crippen molar-refractivity contribution in [1.29, 1.82) is 0 Å². The molecule has 0 bridgehead atoms. The molecule has 5 rings (SSSR count). The summed E-state index contributed by atoms with van der Waals surface area (Å²) in [6.45, 7) is 16.8. The second kappa shape index (κ2) is 15.5. The maximum absolute atomic E-state index is 6.07. The van der Waals surface area contributed by atoms with Gasteiger partial charge in [-0.05, 0) is 65.7 Å². The van der Waals surface area contributed by atoms with Gasteiger partial charge in [0, 0.05) is 35.3 Å². The first-order chi connectivity index (χ1) is 20.6. The summed E-state index contributed by atoms with van der Waals surface area (Å²) in [5.74, 6) is 4.34. The third-order valence-electron chi connectivity index (χ3n) is 7.55. The van der Waals surface area contributed by atoms with Crippen LogP contribution in [0.15, 0.2) is 99.8 Å². The molecule has 0 aliphatic rings. The van der Waals surface area contributed by atoms with Crippen molar-refractivity contribution in [2.24, 2.45) is 12.0 Å². The Labute approximate surface area is 257 Å². The van der Waals surface area contributed by atoms with Crippen LogP contribution in [0.1, 0.15) is 71.3 Å². The summed E-state index contributed by atoms with van der Waals surface area (Å²) in [6.07, 6.45) is 14.0. The van der Waals surface area contributed by atoms with Crippen LogP contribution < -0.4 is 4.57 Å². The highest BCUT2D eigenvalue weighted by Gasteiger charge is 2.23. The lowest BCUT2D eigenvalue weighted by molar-refractivity contribution is -0.677. The van der Waals surface area contributed by atoms with E-state index in [0.717, 1.165) is 45.0 Å². The molecule has 0 unspecified atom stereocenters. The molecule has 3 aromatic heterocycles. The van der Waals surface area contributed by atoms with Gasteiger partial charge in [-0.25, -0.2) is 9.56 Å². The molecule has 0 aliphatic carbocycles. The summed E-state index contributed by atoms with van der Waals surface area (Å²) in [5, 5.41) is 0.920. The molecular weight excluding hydrogens is 528 g/mol. The number of hydrogen-bond acceptors (Lipinski definition) is 3. The number of hydrogen-bond donors (Lipinski definition) is 0. The topological polar surface area (TPSA) is 47.2 Å². The number of nitrogens with zero attached hydrogens (tertiary/aromatic N) is 4. The minimum absolute atomic E-state index is 0.503. The van der Waals surface area contributed by atoms with E-state index in [4.69, 9.17) is 10.8 Å². The quantitative estimate of drug-likeness (QED) is 0.0909. The monoisotopic (exact) mass is 573 g/mol. The van der Waals surface area contributed by atoms with E-state index in [0.29, 0.717) is 11.4 Å². The molecule has 0 spiro atoms. The van der Waals surface area contributed by atoms with Gasteiger partial charge in [0.15, 0.2) is 11.3 Å². The Bertz CT molecular complexity index is 1690. The predicted octanol–water partition coefficient (Wildman–Crippen LogP) is 9.65. The van der Waals surface area contributed by atoms with Crippen molar-refractivity contribution in [3.8, 4) is 29.3 Å². The smallest absolute Gasteiger partial charge is 0.258 e. The zero-order valence-corrected chi connectivity index (χ0v) is 27.2. The van der Waals surface area contributed by atoms with Crippen LogP contribution in [0.2, 0.25) is 0 Å². The van der Waals surface area contributed by atoms with Gasteiger partial charge < -0.3 is 4.42 Å². The third-order valence-corrected chi connectivity index (χ3v) is 7.55. The first kappa shape index (κ1) is 32.8. The van der Waals surface area contributed by atoms with Crippen LogP contribution in [-0.2, 0) is 7.05 Å². The van der Waals surface area contributed by atoms with E-state index in [2.05, 4.69) is 84.8 Å². The average molecular weight is 574 g/mol. The first-order valence-corrected chi connectivity index (χ1v) is 14.8. The molecule has 43 heavy (non-hydrogen) atoms. The largest absolute Gasteiger partial charge is 0.433 e. The molecule has 0 radical (unpaired) electrons. The number of benzene rings is 2. The van der Waals surface area contributed by atoms with Gasteiger partial charge in [0.1, 0.15) is 12.4 Å². The van der Waals surface area contributed by atoms with Gasteiger partial charge in [0.05, 0.1) is 18.3 Å². The Kier molecular flexibility index (Phi) is 11.8. The number of fused-ring (bicyclic) bond motifs is 1. The lowest BCUT2D eigenvalue weighted by Crippen LogP contribution is -2.29. The van der Waals surface area contributed by atoms with Crippen molar-refractivity contribution in [1.82, 2.24) is 9.55 Å². The Morgan fingerprint density at radius 3 is 2.09 bits per heavy atom. The fourth-order valence-electron chi connectivity index (χ4n) is 4.49. The van der Waals surface area contributed by atoms with E-state index in [-0.39, 0.29) is 0 Å². The number of imidazole rings is 1. The highest BCUT2D eigenvalue weighted by atomic mass is 16.3. The van der Waals surface area contributed by atoms with Gasteiger partial charge in [-0.1, -0.05) is 73.4 Å². The molecule has 0 aliphatic heterocycles. The normalized spacial score (nSPS) is 11.0. The number of aliphatic imine (C=N–C) groups is 1. The van der Waals surface area contributed by atoms with Crippen LogP contribution in [0.5, 0.6) is 0 Å². The van der Waals surface area contributed by atoms with E-state index < -0.39 is 0 Å². The predicted molar refractivity (Wildman–Crippen MR) is 181 cm³/mol. The van der Waals surface area contributed by atoms with Crippen molar-refractivity contribution < 1.29 is 8.98 Å². The second-order valence-corrected chi connectivity index (χ2v) is 10.8. The van der Waals surface area contributed by atoms with Gasteiger partial charge >= 0.3 is 0 Å². The van der Waals surface area contributed by atoms with E-state index >= 15 is 0 Å². The Hall–Kier alpha value is -4.69. The van der Waals surface area contributed by atoms with Crippen LogP contribution >= 0.6 is 0 Å². The van der Waals surface area contributed by atoms with Crippen LogP contribution in [0.3, 0.4) is 0 Å². The molecule has 0 atom stereocenters. The van der Waals surface area contributed by atoms with Crippen molar-refractivity contribution >= 4 is 22.6 Å². The van der Waals surface area contributed by atoms with Crippen molar-refractivity contribution in [2.75, 3.05) is 0 Å². The number of furan rings is 1. The van der Waals surface area contributed by atoms with E-state index in [1.807, 2.05) is 82.0 Å². The fraction of sp³-hybridized carbons (Fsp3) is 0.289. The average Bonchev–Trinajstić information content (AvgIpc) is 3.55. The zero-order valence-electron chi connectivity index (χ0n) is 27.2. The minimum Gasteiger partial charge on any atom is -0.433 e. The van der Waals surface area contributed by atoms with Crippen LogP contribution in [0.25, 0.3) is 27.9 Å². The van der Waals surface area contributed by atoms with Crippen LogP contribution in [-0.4, -0.2) is 15.3 Å². The standard InChI is InChI=1S/C19H20N3O.C11H9N.C8H16/c1-7-15-16-9-8-13(4)17(22-11-10-21(6)14(22)5)18(16)23-19(15)20-12(2)3;1-2-6-10(7-3-1)11-8-4-5-9-12-11;1-5-7(3)8(4)6-2/h1,8-11H,2-6H3;1-9H;5-6H2,1-4H3/q+1;;. The maximum atomic E-state index is 6.07. The van der Waals surface area contributed by atoms with Crippen LogP contribution in [0, 0.1) is 26.2 Å². The van der Waals surface area contributed by atoms with E-state index in [1.54, 1.807) is 11.1 Å². The number of rotatable bonds is 5. The number of allylic oxidation sites excluding steroid dienone is 2. The van der Waals surface area contributed by atoms with Gasteiger partial charge in [0.2, 0.25) is 5.88 Å². The van der Waals surface area contributed by atoms with E-state index in [9.17, 15) is 0 Å². The van der Waals surface area contributed by atoms with Crippen molar-refractivity contribution in [3.05, 3.63) is 107 Å². The molecule has 0 fully saturated rings. The lowest BCUT2D eigenvalue weighted by atomic mass is 10.1. The Balaban J connectivity index is 0.000000210. The molecule has 222 valence electrons. The molecular formula is C38H45N4O+. The fourth-order valence-corrected chi connectivity index (χ4v) is 4.49. The minimum atomic E-state index is 0.503. The maximum Gasteiger partial charge on any atom is 0.258 e. The highest BCUT2D eigenvalue weighted by molar-refractivity contribution is 5.96. The molecule has 0 saturated carbocycles. The summed E-state index contributed by atoms with van der Waals surface area (Å²) in [4.78, 5) is 8.70. The lowest BCUT2D eigenvalue weighted by Gasteiger charge is -2.04. The first-order valence-electron chi connectivity index (χ1n) is 14.8. The number of terminal acetylenes is 1. The van der Waals surface area contributed by atoms with Gasteiger partial charge in [-0.15, -0.1) is 6.42 Å². The number of pyridine rings is 1. The van der Waals surface area contributed by atoms with Crippen molar-refractivity contribution in [2.45, 2.75) is 68.2 Å². The van der Waals surface area contributed by atoms with Crippen molar-refractivity contribution in [3.63, 3.8) is 0 Å². The summed E-state index contributed by atoms with van der Waals surface area (Å²) in [6, 6.07) is 20.2. The Morgan fingerprint density at radius 2 is 1.58 bits per heavy atom. The second-order valence-electron chi connectivity index (χ2n) is 10.8. The molecule has 5 nitrogen and oxygen atoms in total. The third kappa shape index (κ3) is 8.20. The molecule has 5 aromatic rings. The summed E-state index contributed by atoms with van der Waals surface area (Å²) in [5.41, 5.74) is 9.80. The summed E-state index contributed by atoms with van der Waals surface area (Å²) in [7, 11) is 2.02. The Morgan fingerprint density at radius 1 is 0.930 bits per heavy atom. The number of aromatic nitrogens is 3. The molecule has 5 heteroatoms. The molecule has 0 amide bonds. The van der Waals surface area contributed by atoms with Gasteiger partial charge in [-0.2, -0.15) is 4.57 Å². The summed E-state index contributed by atoms with van der Waals surface area (Å²) >= 11 is 0. The van der Waals surface area contributed by atoms with Crippen LogP contribution in [0.4, 0.5) is 5.88 Å². The SMILES string of the molecule is C#Cc1c(N=C(C)C)oc2c(-n3cc[n+](C)c3C)c(C)ccc12.CCC(C)=C(C)CC.c1ccc(-c2ccccn2)cc1. The number of aryl methyl sites for hydroxylation is 2. The highest BCUT2D eigenvalue weighted by Crippen LogP contribution is 2.36. The molecule has 3 heterocycles. The zero-order chi connectivity index (χ0) is 31.5. The van der Waals surface area contributed by atoms with E-state index in [1.165, 1.54) is 12.8 Å². The van der Waals surface area contributed by atoms with Gasteiger partial charge in [-0.3, -0.25) is 4.98 Å². The van der Waals surface area contributed by atoms with Gasteiger partial charge in [0.25, 0.3) is 5.82 Å². The molecule has 2 aromatic carbocycles. The molecule has 0 saturated heterocycles.